The summed E-state index contributed by atoms with van der Waals surface area (Å²) in [5.41, 5.74) is 4.45. The van der Waals surface area contributed by atoms with Crippen molar-refractivity contribution in [1.29, 1.82) is 0 Å². The maximum Gasteiger partial charge on any atom is 0.119 e. The van der Waals surface area contributed by atoms with E-state index < -0.39 is 0 Å². The summed E-state index contributed by atoms with van der Waals surface area (Å²) in [6, 6.07) is 25.0. The van der Waals surface area contributed by atoms with Crippen molar-refractivity contribution in [1.82, 2.24) is 4.98 Å². The fourth-order valence-electron chi connectivity index (χ4n) is 3.12. The van der Waals surface area contributed by atoms with E-state index >= 15 is 0 Å². The van der Waals surface area contributed by atoms with E-state index in [1.807, 2.05) is 38.1 Å². The molecule has 0 saturated heterocycles. The van der Waals surface area contributed by atoms with Gasteiger partial charge in [0.1, 0.15) is 5.75 Å². The van der Waals surface area contributed by atoms with Crippen molar-refractivity contribution < 1.29 is 4.74 Å². The summed E-state index contributed by atoms with van der Waals surface area (Å²) in [6.07, 6.45) is 0.179. The molecule has 0 atom stereocenters. The third-order valence-electron chi connectivity index (χ3n) is 4.10. The molecule has 1 aromatic heterocycles. The summed E-state index contributed by atoms with van der Waals surface area (Å²) in [5.74, 6) is 0.899. The normalized spacial score (nSPS) is 11.3. The summed E-state index contributed by atoms with van der Waals surface area (Å²) in [7, 11) is 0. The Morgan fingerprint density at radius 2 is 1.25 bits per heavy atom. The molecule has 4 aromatic rings. The van der Waals surface area contributed by atoms with Crippen molar-refractivity contribution >= 4 is 21.8 Å². The minimum atomic E-state index is 0.179. The van der Waals surface area contributed by atoms with Crippen LogP contribution in [0.1, 0.15) is 13.8 Å². The van der Waals surface area contributed by atoms with E-state index in [1.54, 1.807) is 0 Å². The number of ether oxygens (including phenoxy) is 1. The minimum absolute atomic E-state index is 0.179. The quantitative estimate of drug-likeness (QED) is 0.443. The average Bonchev–Trinajstić information content (AvgIpc) is 2.60. The first kappa shape index (κ1) is 14.7. The number of hydrogen-bond donors (Lipinski definition) is 0. The number of hydrogen-bond acceptors (Lipinski definition) is 2. The van der Waals surface area contributed by atoms with E-state index in [0.29, 0.717) is 0 Å². The molecule has 0 radical (unpaired) electrons. The topological polar surface area (TPSA) is 22.1 Å². The molecule has 0 saturated carbocycles. The predicted molar refractivity (Wildman–Crippen MR) is 100 cm³/mol. The minimum Gasteiger partial charge on any atom is -0.491 e. The molecule has 0 aliphatic carbocycles. The smallest absolute Gasteiger partial charge is 0.119 e. The van der Waals surface area contributed by atoms with Crippen LogP contribution in [0.2, 0.25) is 0 Å². The maximum atomic E-state index is 5.77. The van der Waals surface area contributed by atoms with E-state index in [4.69, 9.17) is 9.72 Å². The molecule has 0 amide bonds. The summed E-state index contributed by atoms with van der Waals surface area (Å²) in [4.78, 5) is 4.80. The number of nitrogens with zero attached hydrogens (tertiary/aromatic N) is 1. The third kappa shape index (κ3) is 2.61. The van der Waals surface area contributed by atoms with Crippen molar-refractivity contribution in [2.45, 2.75) is 20.0 Å². The van der Waals surface area contributed by atoms with Crippen LogP contribution in [0.4, 0.5) is 0 Å². The standard InChI is InChI=1S/C22H19NO/c1-15(2)24-17-13-11-16(12-14-17)22-18-7-3-5-9-20(18)23-21-10-6-4-8-19(21)22/h3-15H,1-2H3. The molecule has 4 rings (SSSR count). The molecule has 0 bridgehead atoms. The Balaban J connectivity index is 1.96. The monoisotopic (exact) mass is 313 g/mol. The second kappa shape index (κ2) is 5.97. The highest BCUT2D eigenvalue weighted by Crippen LogP contribution is 2.35. The summed E-state index contributed by atoms with van der Waals surface area (Å²) < 4.78 is 5.77. The van der Waals surface area contributed by atoms with Gasteiger partial charge in [-0.25, -0.2) is 4.98 Å². The second-order valence-electron chi connectivity index (χ2n) is 6.21. The maximum absolute atomic E-state index is 5.77. The third-order valence-corrected chi connectivity index (χ3v) is 4.10. The van der Waals surface area contributed by atoms with Crippen LogP contribution in [0.3, 0.4) is 0 Å². The van der Waals surface area contributed by atoms with Gasteiger partial charge in [-0.05, 0) is 43.7 Å². The Kier molecular flexibility index (Phi) is 3.66. The van der Waals surface area contributed by atoms with Crippen LogP contribution in [0.5, 0.6) is 5.75 Å². The van der Waals surface area contributed by atoms with Gasteiger partial charge >= 0.3 is 0 Å². The Hall–Kier alpha value is -2.87. The molecule has 0 unspecified atom stereocenters. The van der Waals surface area contributed by atoms with Gasteiger partial charge < -0.3 is 4.74 Å². The fourth-order valence-corrected chi connectivity index (χ4v) is 3.12. The Morgan fingerprint density at radius 1 is 0.708 bits per heavy atom. The highest BCUT2D eigenvalue weighted by molar-refractivity contribution is 6.09. The number of fused-ring (bicyclic) bond motifs is 2. The summed E-state index contributed by atoms with van der Waals surface area (Å²) in [5, 5.41) is 2.35. The van der Waals surface area contributed by atoms with E-state index in [1.165, 1.54) is 21.9 Å². The van der Waals surface area contributed by atoms with Gasteiger partial charge in [-0.3, -0.25) is 0 Å². The molecule has 118 valence electrons. The molecule has 1 heterocycles. The molecule has 3 aromatic carbocycles. The first-order valence-electron chi connectivity index (χ1n) is 8.27. The molecule has 0 fully saturated rings. The first-order chi connectivity index (χ1) is 11.7. The molecule has 0 spiro atoms. The van der Waals surface area contributed by atoms with Gasteiger partial charge in [0.25, 0.3) is 0 Å². The van der Waals surface area contributed by atoms with Crippen molar-refractivity contribution in [2.75, 3.05) is 0 Å². The predicted octanol–water partition coefficient (Wildman–Crippen LogP) is 5.84. The van der Waals surface area contributed by atoms with Gasteiger partial charge in [0.05, 0.1) is 17.1 Å². The molecule has 2 nitrogen and oxygen atoms in total. The number of para-hydroxylation sites is 2. The zero-order valence-electron chi connectivity index (χ0n) is 13.9. The number of aromatic nitrogens is 1. The van der Waals surface area contributed by atoms with Crippen LogP contribution >= 0.6 is 0 Å². The fraction of sp³-hybridized carbons (Fsp3) is 0.136. The SMILES string of the molecule is CC(C)Oc1ccc(-c2c3ccccc3nc3ccccc23)cc1. The zero-order chi connectivity index (χ0) is 16.5. The van der Waals surface area contributed by atoms with Gasteiger partial charge in [0.2, 0.25) is 0 Å². The van der Waals surface area contributed by atoms with Crippen LogP contribution in [0.25, 0.3) is 32.9 Å². The highest BCUT2D eigenvalue weighted by Gasteiger charge is 2.11. The van der Waals surface area contributed by atoms with Gasteiger partial charge in [0, 0.05) is 16.3 Å². The molecule has 0 aliphatic heterocycles. The Bertz CT molecular complexity index is 949. The first-order valence-corrected chi connectivity index (χ1v) is 8.27. The van der Waals surface area contributed by atoms with Gasteiger partial charge in [0.15, 0.2) is 0 Å². The van der Waals surface area contributed by atoms with Crippen molar-refractivity contribution in [2.24, 2.45) is 0 Å². The lowest BCUT2D eigenvalue weighted by molar-refractivity contribution is 0.242. The summed E-state index contributed by atoms with van der Waals surface area (Å²) >= 11 is 0. The Morgan fingerprint density at radius 3 is 1.79 bits per heavy atom. The lowest BCUT2D eigenvalue weighted by atomic mass is 9.96. The molecule has 0 N–H and O–H groups in total. The zero-order valence-corrected chi connectivity index (χ0v) is 13.9. The lowest BCUT2D eigenvalue weighted by Gasteiger charge is -2.13. The molecule has 2 heteroatoms. The van der Waals surface area contributed by atoms with Crippen molar-refractivity contribution in [3.05, 3.63) is 72.8 Å². The van der Waals surface area contributed by atoms with E-state index in [-0.39, 0.29) is 6.10 Å². The summed E-state index contributed by atoms with van der Waals surface area (Å²) in [6.45, 7) is 4.08. The van der Waals surface area contributed by atoms with Crippen LogP contribution in [0.15, 0.2) is 72.8 Å². The van der Waals surface area contributed by atoms with Gasteiger partial charge in [-0.1, -0.05) is 48.5 Å². The highest BCUT2D eigenvalue weighted by atomic mass is 16.5. The molecule has 0 aliphatic rings. The number of benzene rings is 3. The second-order valence-corrected chi connectivity index (χ2v) is 6.21. The van der Waals surface area contributed by atoms with E-state index in [2.05, 4.69) is 48.5 Å². The van der Waals surface area contributed by atoms with Gasteiger partial charge in [-0.2, -0.15) is 0 Å². The molecule has 24 heavy (non-hydrogen) atoms. The van der Waals surface area contributed by atoms with Crippen LogP contribution in [-0.4, -0.2) is 11.1 Å². The molecular formula is C22H19NO. The van der Waals surface area contributed by atoms with Crippen LogP contribution < -0.4 is 4.74 Å². The lowest BCUT2D eigenvalue weighted by Crippen LogP contribution is -2.05. The van der Waals surface area contributed by atoms with E-state index in [9.17, 15) is 0 Å². The van der Waals surface area contributed by atoms with Crippen LogP contribution in [0, 0.1) is 0 Å². The van der Waals surface area contributed by atoms with Crippen LogP contribution in [-0.2, 0) is 0 Å². The van der Waals surface area contributed by atoms with Crippen molar-refractivity contribution in [3.63, 3.8) is 0 Å². The number of rotatable bonds is 3. The van der Waals surface area contributed by atoms with Gasteiger partial charge in [-0.15, -0.1) is 0 Å². The van der Waals surface area contributed by atoms with Crippen molar-refractivity contribution in [3.8, 4) is 16.9 Å². The van der Waals surface area contributed by atoms with E-state index in [0.717, 1.165) is 16.8 Å². The average molecular weight is 313 g/mol. The molecular weight excluding hydrogens is 294 g/mol. The Labute approximate surface area is 141 Å². The number of pyridine rings is 1. The largest absolute Gasteiger partial charge is 0.491 e.